The van der Waals surface area contributed by atoms with Gasteiger partial charge >= 0.3 is 17.6 Å². The maximum absolute atomic E-state index is 0. The Morgan fingerprint density at radius 1 is 1.00 bits per heavy atom. The van der Waals surface area contributed by atoms with Crippen LogP contribution in [0.2, 0.25) is 0 Å². The molecular weight excluding hydrogens is 284 g/mol. The summed E-state index contributed by atoms with van der Waals surface area (Å²) in [5, 5.41) is 0. The zero-order chi connectivity index (χ0) is 0. The molecule has 0 aliphatic carbocycles. The molecular formula is H4BFeGeNd. The van der Waals surface area contributed by atoms with Gasteiger partial charge in [0.05, 0.1) is 0 Å². The molecule has 0 rings (SSSR count). The van der Waals surface area contributed by atoms with Gasteiger partial charge < -0.3 is 0 Å². The van der Waals surface area contributed by atoms with Crippen LogP contribution in [0.15, 0.2) is 0 Å². The molecule has 0 aromatic carbocycles. The molecule has 23 valence electrons. The van der Waals surface area contributed by atoms with Crippen LogP contribution < -0.4 is 0 Å². The van der Waals surface area contributed by atoms with Crippen molar-refractivity contribution < 1.29 is 57.9 Å². The first-order valence-electron chi connectivity index (χ1n) is 0. The topological polar surface area (TPSA) is 0 Å². The molecule has 0 N–H and O–H groups in total. The average Bonchev–Trinajstić information content (AvgIpc) is 0. The second kappa shape index (κ2) is 17.9. The molecule has 0 unspecified atom stereocenters. The Kier molecular flexibility index (Phi) is 142. The van der Waals surface area contributed by atoms with Crippen molar-refractivity contribution in [2.45, 2.75) is 0 Å². The molecule has 0 aromatic rings. The van der Waals surface area contributed by atoms with E-state index in [-0.39, 0.29) is 83.9 Å². The fraction of sp³-hybridized carbons (Fsp3) is 0. The van der Waals surface area contributed by atoms with E-state index in [2.05, 4.69) is 0 Å². The van der Waals surface area contributed by atoms with Crippen LogP contribution in [0, 0.1) is 40.8 Å². The third-order valence-electron chi connectivity index (χ3n) is 0. The zero-order valence-corrected chi connectivity index (χ0v) is 5.74. The monoisotopic (exact) mass is 287 g/mol. The smallest absolute Gasteiger partial charge is 0 e. The van der Waals surface area contributed by atoms with Crippen LogP contribution in [-0.2, 0) is 17.1 Å². The summed E-state index contributed by atoms with van der Waals surface area (Å²) < 4.78 is 0. The molecule has 0 amide bonds. The van der Waals surface area contributed by atoms with Crippen LogP contribution in [-0.4, -0.2) is 26.0 Å². The fourth-order valence-electron chi connectivity index (χ4n) is 0. The summed E-state index contributed by atoms with van der Waals surface area (Å²) in [5.41, 5.74) is 0. The van der Waals surface area contributed by atoms with Crippen LogP contribution >= 0.6 is 0 Å². The van der Waals surface area contributed by atoms with E-state index in [1.165, 1.54) is 0 Å². The van der Waals surface area contributed by atoms with E-state index in [9.17, 15) is 0 Å². The first kappa shape index (κ1) is 31.7. The quantitative estimate of drug-likeness (QED) is 0.460. The van der Waals surface area contributed by atoms with Crippen molar-refractivity contribution in [1.82, 2.24) is 0 Å². The van der Waals surface area contributed by atoms with Crippen LogP contribution in [0.4, 0.5) is 0 Å². The molecule has 0 fully saturated rings. The van der Waals surface area contributed by atoms with E-state index in [0.29, 0.717) is 0 Å². The molecule has 0 spiro atoms. The second-order valence-corrected chi connectivity index (χ2v) is 0. The minimum atomic E-state index is 0. The van der Waals surface area contributed by atoms with Crippen molar-refractivity contribution in [3.8, 4) is 0 Å². The van der Waals surface area contributed by atoms with E-state index in [4.69, 9.17) is 0 Å². The van der Waals surface area contributed by atoms with E-state index in [0.717, 1.165) is 0 Å². The average molecular weight is 288 g/mol. The Morgan fingerprint density at radius 3 is 1.00 bits per heavy atom. The summed E-state index contributed by atoms with van der Waals surface area (Å²) in [5.74, 6) is 0. The molecule has 0 atom stereocenters. The molecule has 0 bridgehead atoms. The minimum Gasteiger partial charge on any atom is 0 e. The van der Waals surface area contributed by atoms with Crippen LogP contribution in [0.3, 0.4) is 0 Å². The van der Waals surface area contributed by atoms with Gasteiger partial charge in [0, 0.05) is 66.3 Å². The van der Waals surface area contributed by atoms with Crippen molar-refractivity contribution in [3.05, 3.63) is 0 Å². The third kappa shape index (κ3) is 8.82. The molecule has 0 nitrogen and oxygen atoms in total. The van der Waals surface area contributed by atoms with Crippen molar-refractivity contribution >= 4 is 26.0 Å². The number of rotatable bonds is 0. The Hall–Kier alpha value is 2.48. The number of hydrogen-bond donors (Lipinski definition) is 0. The SMILES string of the molecule is [B].[Fe].[GeH4].[Nd]. The third-order valence-corrected chi connectivity index (χ3v) is 0. The summed E-state index contributed by atoms with van der Waals surface area (Å²) in [4.78, 5) is 0. The van der Waals surface area contributed by atoms with Gasteiger partial charge in [0.1, 0.15) is 0 Å². The first-order chi connectivity index (χ1) is 0. The Bertz CT molecular complexity index is 8.00. The van der Waals surface area contributed by atoms with Crippen molar-refractivity contribution in [3.63, 3.8) is 0 Å². The van der Waals surface area contributed by atoms with Gasteiger partial charge in [-0.1, -0.05) is 0 Å². The zero-order valence-electron chi connectivity index (χ0n) is 1.43. The van der Waals surface area contributed by atoms with Gasteiger partial charge in [-0.25, -0.2) is 0 Å². The van der Waals surface area contributed by atoms with E-state index in [1.807, 2.05) is 0 Å². The molecule has 0 aliphatic heterocycles. The predicted molar refractivity (Wildman–Crippen MR) is 17.1 cm³/mol. The Morgan fingerprint density at radius 2 is 1.00 bits per heavy atom. The van der Waals surface area contributed by atoms with Gasteiger partial charge in [0.25, 0.3) is 0 Å². The van der Waals surface area contributed by atoms with Gasteiger partial charge in [-0.2, -0.15) is 0 Å². The molecule has 0 aliphatic rings. The maximum Gasteiger partial charge on any atom is 0 e. The summed E-state index contributed by atoms with van der Waals surface area (Å²) in [6, 6.07) is 0. The summed E-state index contributed by atoms with van der Waals surface area (Å²) in [7, 11) is 0. The van der Waals surface area contributed by atoms with E-state index >= 15 is 0 Å². The summed E-state index contributed by atoms with van der Waals surface area (Å²) in [6.07, 6.45) is 0. The normalized spacial score (nSPS) is 0. The van der Waals surface area contributed by atoms with Gasteiger partial charge in [-0.3, -0.25) is 0 Å². The predicted octanol–water partition coefficient (Wildman–Crippen LogP) is -1.83. The molecule has 0 saturated carbocycles. The van der Waals surface area contributed by atoms with Gasteiger partial charge in [-0.15, -0.1) is 0 Å². The standard InChI is InChI=1S/B.Fe.GeH4.Nd/h;;1H4;. The molecule has 3 radical (unpaired) electrons. The molecule has 0 aromatic heterocycles. The van der Waals surface area contributed by atoms with Crippen molar-refractivity contribution in [2.24, 2.45) is 0 Å². The maximum atomic E-state index is 0. The number of hydrogen-bond acceptors (Lipinski definition) is 0. The first-order valence-corrected chi connectivity index (χ1v) is 0. The molecule has 4 heavy (non-hydrogen) atoms. The van der Waals surface area contributed by atoms with Crippen LogP contribution in [0.5, 0.6) is 0 Å². The van der Waals surface area contributed by atoms with E-state index < -0.39 is 0 Å². The second-order valence-electron chi connectivity index (χ2n) is 0. The van der Waals surface area contributed by atoms with Crippen LogP contribution in [0.25, 0.3) is 0 Å². The molecule has 0 heterocycles. The molecule has 4 heteroatoms. The Balaban J connectivity index is 0. The summed E-state index contributed by atoms with van der Waals surface area (Å²) in [6.45, 7) is 0. The van der Waals surface area contributed by atoms with Crippen LogP contribution in [0.1, 0.15) is 0 Å². The van der Waals surface area contributed by atoms with Gasteiger partial charge in [-0.05, 0) is 0 Å². The molecule has 0 saturated heterocycles. The van der Waals surface area contributed by atoms with E-state index in [1.54, 1.807) is 0 Å². The fourth-order valence-corrected chi connectivity index (χ4v) is 0. The van der Waals surface area contributed by atoms with Crippen molar-refractivity contribution in [2.75, 3.05) is 0 Å². The van der Waals surface area contributed by atoms with Gasteiger partial charge in [0.15, 0.2) is 0 Å². The Labute approximate surface area is 82.4 Å². The minimum absolute atomic E-state index is 0. The van der Waals surface area contributed by atoms with Crippen molar-refractivity contribution in [1.29, 1.82) is 0 Å². The van der Waals surface area contributed by atoms with Gasteiger partial charge in [0.2, 0.25) is 0 Å². The summed E-state index contributed by atoms with van der Waals surface area (Å²) >= 11 is 0. The largest absolute Gasteiger partial charge is 0 e.